The van der Waals surface area contributed by atoms with Crippen molar-refractivity contribution in [3.8, 4) is 16.9 Å². The van der Waals surface area contributed by atoms with Crippen LogP contribution in [-0.2, 0) is 9.53 Å². The molecule has 0 N–H and O–H groups in total. The number of hydrogen-bond acceptors (Lipinski definition) is 4. The largest absolute Gasteiger partial charge is 0.489 e. The number of carbonyl (C=O) groups is 1. The van der Waals surface area contributed by atoms with Crippen molar-refractivity contribution in [2.45, 2.75) is 13.8 Å². The first-order valence-electron chi connectivity index (χ1n) is 7.98. The summed E-state index contributed by atoms with van der Waals surface area (Å²) in [6.07, 6.45) is 1.98. The molecule has 0 atom stereocenters. The summed E-state index contributed by atoms with van der Waals surface area (Å²) in [7, 11) is 0. The minimum Gasteiger partial charge on any atom is -0.489 e. The molecule has 128 valence electrons. The Hall–Kier alpha value is -1.94. The summed E-state index contributed by atoms with van der Waals surface area (Å²) in [6, 6.07) is 18.0. The van der Waals surface area contributed by atoms with Gasteiger partial charge in [0.2, 0.25) is 0 Å². The van der Waals surface area contributed by atoms with E-state index in [1.165, 1.54) is 0 Å². The van der Waals surface area contributed by atoms with Crippen LogP contribution in [0, 0.1) is 5.41 Å². The lowest BCUT2D eigenvalue weighted by atomic mass is 9.97. The summed E-state index contributed by atoms with van der Waals surface area (Å²) in [5.74, 6) is 1.35. The number of ether oxygens (including phenoxy) is 2. The van der Waals surface area contributed by atoms with E-state index in [0.29, 0.717) is 6.61 Å². The van der Waals surface area contributed by atoms with Gasteiger partial charge in [0.1, 0.15) is 19.0 Å². The Balaban J connectivity index is 1.91. The molecular formula is C20H24O3S. The lowest BCUT2D eigenvalue weighted by Crippen LogP contribution is -2.30. The van der Waals surface area contributed by atoms with E-state index >= 15 is 0 Å². The first-order valence-corrected chi connectivity index (χ1v) is 9.37. The second kappa shape index (κ2) is 8.78. The molecule has 0 aliphatic heterocycles. The van der Waals surface area contributed by atoms with Gasteiger partial charge in [-0.2, -0.15) is 11.8 Å². The highest BCUT2D eigenvalue weighted by molar-refractivity contribution is 7.98. The van der Waals surface area contributed by atoms with Crippen LogP contribution in [-0.4, -0.2) is 31.2 Å². The fourth-order valence-corrected chi connectivity index (χ4v) is 3.19. The smallest absolute Gasteiger partial charge is 0.312 e. The van der Waals surface area contributed by atoms with Crippen LogP contribution in [0.3, 0.4) is 0 Å². The molecule has 0 unspecified atom stereocenters. The molecule has 0 amide bonds. The molecule has 2 rings (SSSR count). The van der Waals surface area contributed by atoms with E-state index in [1.54, 1.807) is 11.8 Å². The Labute approximate surface area is 148 Å². The number of para-hydroxylation sites is 1. The average Bonchev–Trinajstić information content (AvgIpc) is 2.59. The summed E-state index contributed by atoms with van der Waals surface area (Å²) in [5, 5.41) is 0. The molecule has 0 aromatic heterocycles. The maximum absolute atomic E-state index is 12.1. The van der Waals surface area contributed by atoms with Crippen LogP contribution in [0.15, 0.2) is 54.6 Å². The van der Waals surface area contributed by atoms with Crippen LogP contribution in [0.4, 0.5) is 0 Å². The van der Waals surface area contributed by atoms with E-state index in [2.05, 4.69) is 0 Å². The number of esters is 1. The highest BCUT2D eigenvalue weighted by Crippen LogP contribution is 2.29. The molecule has 0 bridgehead atoms. The van der Waals surface area contributed by atoms with Crippen LogP contribution >= 0.6 is 11.8 Å². The van der Waals surface area contributed by atoms with Gasteiger partial charge in [-0.15, -0.1) is 0 Å². The van der Waals surface area contributed by atoms with Crippen molar-refractivity contribution >= 4 is 17.7 Å². The summed E-state index contributed by atoms with van der Waals surface area (Å²) < 4.78 is 11.2. The summed E-state index contributed by atoms with van der Waals surface area (Å²) in [5.41, 5.74) is 1.67. The van der Waals surface area contributed by atoms with Crippen molar-refractivity contribution in [3.05, 3.63) is 54.6 Å². The molecule has 0 aliphatic rings. The molecular weight excluding hydrogens is 320 g/mol. The maximum atomic E-state index is 12.1. The second-order valence-electron chi connectivity index (χ2n) is 6.16. The molecule has 0 heterocycles. The van der Waals surface area contributed by atoms with Crippen molar-refractivity contribution in [2.24, 2.45) is 5.41 Å². The van der Waals surface area contributed by atoms with E-state index in [9.17, 15) is 4.79 Å². The maximum Gasteiger partial charge on any atom is 0.312 e. The molecule has 24 heavy (non-hydrogen) atoms. The van der Waals surface area contributed by atoms with Gasteiger partial charge in [-0.3, -0.25) is 4.79 Å². The van der Waals surface area contributed by atoms with E-state index in [0.717, 1.165) is 22.6 Å². The number of rotatable bonds is 8. The lowest BCUT2D eigenvalue weighted by molar-refractivity contribution is -0.153. The van der Waals surface area contributed by atoms with E-state index < -0.39 is 5.41 Å². The Morgan fingerprint density at radius 3 is 2.38 bits per heavy atom. The van der Waals surface area contributed by atoms with Gasteiger partial charge in [-0.1, -0.05) is 48.5 Å². The van der Waals surface area contributed by atoms with E-state index in [4.69, 9.17) is 9.47 Å². The van der Waals surface area contributed by atoms with Gasteiger partial charge in [-0.05, 0) is 31.7 Å². The highest BCUT2D eigenvalue weighted by Gasteiger charge is 2.28. The quantitative estimate of drug-likeness (QED) is 0.515. The van der Waals surface area contributed by atoms with Gasteiger partial charge in [0.15, 0.2) is 0 Å². The van der Waals surface area contributed by atoms with Crippen LogP contribution in [0.5, 0.6) is 5.75 Å². The highest BCUT2D eigenvalue weighted by atomic mass is 32.2. The van der Waals surface area contributed by atoms with Gasteiger partial charge in [0, 0.05) is 11.3 Å². The topological polar surface area (TPSA) is 35.5 Å². The molecule has 2 aromatic carbocycles. The number of benzene rings is 2. The van der Waals surface area contributed by atoms with Gasteiger partial charge in [-0.25, -0.2) is 0 Å². The lowest BCUT2D eigenvalue weighted by Gasteiger charge is -2.21. The fourth-order valence-electron chi connectivity index (χ4n) is 2.35. The minimum atomic E-state index is -0.471. The Morgan fingerprint density at radius 2 is 1.67 bits per heavy atom. The Bertz CT molecular complexity index is 653. The van der Waals surface area contributed by atoms with Crippen molar-refractivity contribution in [1.82, 2.24) is 0 Å². The van der Waals surface area contributed by atoms with Gasteiger partial charge in [0.25, 0.3) is 0 Å². The number of thioether (sulfide) groups is 1. The molecule has 0 saturated carbocycles. The predicted molar refractivity (Wildman–Crippen MR) is 100 cm³/mol. The summed E-state index contributed by atoms with van der Waals surface area (Å²) in [6.45, 7) is 4.39. The third-order valence-corrected chi connectivity index (χ3v) is 4.61. The first kappa shape index (κ1) is 18.4. The van der Waals surface area contributed by atoms with Crippen LogP contribution in [0.25, 0.3) is 11.1 Å². The van der Waals surface area contributed by atoms with Crippen molar-refractivity contribution in [3.63, 3.8) is 0 Å². The number of hydrogen-bond donors (Lipinski definition) is 0. The molecule has 4 heteroatoms. The molecule has 0 saturated heterocycles. The fraction of sp³-hybridized carbons (Fsp3) is 0.350. The molecule has 0 fully saturated rings. The van der Waals surface area contributed by atoms with Crippen molar-refractivity contribution < 1.29 is 14.3 Å². The average molecular weight is 344 g/mol. The van der Waals surface area contributed by atoms with E-state index in [1.807, 2.05) is 74.7 Å². The second-order valence-corrected chi connectivity index (χ2v) is 7.03. The molecule has 2 aromatic rings. The normalized spacial score (nSPS) is 11.1. The molecule has 0 radical (unpaired) electrons. The minimum absolute atomic E-state index is 0.184. The Kier molecular flexibility index (Phi) is 6.73. The van der Waals surface area contributed by atoms with Crippen LogP contribution in [0.1, 0.15) is 13.8 Å². The third kappa shape index (κ3) is 5.03. The Morgan fingerprint density at radius 1 is 1.00 bits per heavy atom. The van der Waals surface area contributed by atoms with Gasteiger partial charge in [0.05, 0.1) is 5.41 Å². The van der Waals surface area contributed by atoms with Gasteiger partial charge >= 0.3 is 5.97 Å². The SMILES string of the molecule is CSCC(C)(C)C(=O)OCCOc1ccccc1-c1ccccc1. The molecule has 3 nitrogen and oxygen atoms in total. The van der Waals surface area contributed by atoms with Crippen LogP contribution in [0.2, 0.25) is 0 Å². The summed E-state index contributed by atoms with van der Waals surface area (Å²) in [4.78, 5) is 12.1. The van der Waals surface area contributed by atoms with Crippen molar-refractivity contribution in [1.29, 1.82) is 0 Å². The number of carbonyl (C=O) groups excluding carboxylic acids is 1. The monoisotopic (exact) mass is 344 g/mol. The standard InChI is InChI=1S/C20H24O3S/c1-20(2,15-24-3)19(21)23-14-13-22-18-12-8-7-11-17(18)16-9-5-4-6-10-16/h4-12H,13-15H2,1-3H3. The zero-order chi connectivity index (χ0) is 17.4. The molecule has 0 spiro atoms. The van der Waals surface area contributed by atoms with Crippen LogP contribution < -0.4 is 4.74 Å². The third-order valence-electron chi connectivity index (χ3n) is 3.60. The molecule has 0 aliphatic carbocycles. The zero-order valence-electron chi connectivity index (χ0n) is 14.5. The summed E-state index contributed by atoms with van der Waals surface area (Å²) >= 11 is 1.64. The zero-order valence-corrected chi connectivity index (χ0v) is 15.3. The van der Waals surface area contributed by atoms with Crippen molar-refractivity contribution in [2.75, 3.05) is 25.2 Å². The predicted octanol–water partition coefficient (Wildman–Crippen LogP) is 4.66. The van der Waals surface area contributed by atoms with Gasteiger partial charge < -0.3 is 9.47 Å². The first-order chi connectivity index (χ1) is 11.5. The van der Waals surface area contributed by atoms with E-state index in [-0.39, 0.29) is 12.6 Å².